The van der Waals surface area contributed by atoms with E-state index < -0.39 is 0 Å². The molecule has 0 spiro atoms. The van der Waals surface area contributed by atoms with Crippen molar-refractivity contribution in [1.82, 2.24) is 0 Å². The molecular formula is C19H24NP. The normalized spacial score (nSPS) is 12.0. The van der Waals surface area contributed by atoms with Gasteiger partial charge in [0.15, 0.2) is 0 Å². The van der Waals surface area contributed by atoms with E-state index in [4.69, 9.17) is 0 Å². The van der Waals surface area contributed by atoms with Gasteiger partial charge in [0.1, 0.15) is 0 Å². The fourth-order valence-electron chi connectivity index (χ4n) is 2.64. The van der Waals surface area contributed by atoms with Crippen LogP contribution in [0.15, 0.2) is 59.6 Å². The van der Waals surface area contributed by atoms with Crippen molar-refractivity contribution in [2.75, 3.05) is 0 Å². The van der Waals surface area contributed by atoms with E-state index >= 15 is 0 Å². The zero-order chi connectivity index (χ0) is 15.2. The fourth-order valence-corrected chi connectivity index (χ4v) is 5.64. The van der Waals surface area contributed by atoms with Gasteiger partial charge < -0.3 is 0 Å². The maximum Gasteiger partial charge on any atom is 0.0629 e. The third kappa shape index (κ3) is 4.25. The summed E-state index contributed by atoms with van der Waals surface area (Å²) in [7, 11) is -0.166. The predicted molar refractivity (Wildman–Crippen MR) is 97.0 cm³/mol. The highest BCUT2D eigenvalue weighted by Gasteiger charge is 2.20. The minimum Gasteiger partial charge on any atom is -0.256 e. The van der Waals surface area contributed by atoms with Gasteiger partial charge in [0.2, 0.25) is 0 Å². The number of hydrogen-bond donors (Lipinski definition) is 0. The molecule has 0 bridgehead atoms. The van der Waals surface area contributed by atoms with Crippen LogP contribution < -0.4 is 5.30 Å². The molecule has 0 fully saturated rings. The van der Waals surface area contributed by atoms with E-state index in [2.05, 4.69) is 57.0 Å². The summed E-state index contributed by atoms with van der Waals surface area (Å²) in [4.78, 5) is 4.62. The van der Waals surface area contributed by atoms with Gasteiger partial charge in [-0.1, -0.05) is 78.1 Å². The highest BCUT2D eigenvalue weighted by Crippen LogP contribution is 2.45. The van der Waals surface area contributed by atoms with Crippen molar-refractivity contribution in [1.29, 1.82) is 0 Å². The van der Waals surface area contributed by atoms with Crippen molar-refractivity contribution in [2.45, 2.75) is 39.0 Å². The zero-order valence-corrected chi connectivity index (χ0v) is 14.2. The standard InChI is InChI=1S/C19H24NP/c1-15(2)21(16(3)4)19-13-9-8-10-17(19)14-20-18-11-6-5-7-12-18/h5-16H,1-4H3. The van der Waals surface area contributed by atoms with E-state index in [1.807, 2.05) is 36.5 Å². The Morgan fingerprint density at radius 3 is 2.00 bits per heavy atom. The third-order valence-corrected chi connectivity index (χ3v) is 6.63. The molecule has 21 heavy (non-hydrogen) atoms. The summed E-state index contributed by atoms with van der Waals surface area (Å²) in [6, 6.07) is 18.8. The average Bonchev–Trinajstić information content (AvgIpc) is 2.47. The van der Waals surface area contributed by atoms with Crippen LogP contribution in [0.3, 0.4) is 0 Å². The summed E-state index contributed by atoms with van der Waals surface area (Å²) in [5, 5.41) is 1.47. The van der Waals surface area contributed by atoms with Crippen molar-refractivity contribution in [3.63, 3.8) is 0 Å². The molecule has 1 nitrogen and oxygen atoms in total. The molecule has 0 aliphatic carbocycles. The summed E-state index contributed by atoms with van der Waals surface area (Å²) < 4.78 is 0. The first-order valence-corrected chi connectivity index (χ1v) is 9.04. The first-order valence-electron chi connectivity index (χ1n) is 7.56. The van der Waals surface area contributed by atoms with Crippen molar-refractivity contribution in [3.05, 3.63) is 60.2 Å². The van der Waals surface area contributed by atoms with Gasteiger partial charge in [0.05, 0.1) is 5.69 Å². The molecule has 0 amide bonds. The monoisotopic (exact) mass is 297 g/mol. The van der Waals surface area contributed by atoms with Crippen LogP contribution in [0.5, 0.6) is 0 Å². The van der Waals surface area contributed by atoms with E-state index in [-0.39, 0.29) is 7.92 Å². The number of rotatable bonds is 5. The molecule has 110 valence electrons. The summed E-state index contributed by atoms with van der Waals surface area (Å²) in [6.45, 7) is 9.32. The molecule has 0 radical (unpaired) electrons. The topological polar surface area (TPSA) is 12.4 Å². The highest BCUT2D eigenvalue weighted by molar-refractivity contribution is 7.67. The minimum absolute atomic E-state index is 0.166. The Bertz CT molecular complexity index is 580. The summed E-state index contributed by atoms with van der Waals surface area (Å²) in [6.07, 6.45) is 2.02. The molecule has 0 aliphatic heterocycles. The molecule has 0 unspecified atom stereocenters. The Morgan fingerprint density at radius 2 is 1.38 bits per heavy atom. The zero-order valence-electron chi connectivity index (χ0n) is 13.3. The molecule has 0 heterocycles. The van der Waals surface area contributed by atoms with Crippen LogP contribution in [0.1, 0.15) is 33.3 Å². The van der Waals surface area contributed by atoms with Crippen molar-refractivity contribution in [3.8, 4) is 0 Å². The van der Waals surface area contributed by atoms with E-state index in [1.165, 1.54) is 10.9 Å². The molecule has 2 aromatic rings. The van der Waals surface area contributed by atoms with E-state index in [9.17, 15) is 0 Å². The number of para-hydroxylation sites is 1. The lowest BCUT2D eigenvalue weighted by atomic mass is 10.2. The average molecular weight is 297 g/mol. The smallest absolute Gasteiger partial charge is 0.0629 e. The largest absolute Gasteiger partial charge is 0.256 e. The number of nitrogens with zero attached hydrogens (tertiary/aromatic N) is 1. The highest BCUT2D eigenvalue weighted by atomic mass is 31.1. The molecular weight excluding hydrogens is 273 g/mol. The van der Waals surface area contributed by atoms with Crippen LogP contribution in [0.25, 0.3) is 0 Å². The molecule has 0 saturated heterocycles. The van der Waals surface area contributed by atoms with Crippen molar-refractivity contribution < 1.29 is 0 Å². The second-order valence-corrected chi connectivity index (χ2v) is 9.11. The van der Waals surface area contributed by atoms with Crippen molar-refractivity contribution >= 4 is 25.1 Å². The maximum absolute atomic E-state index is 4.62. The second kappa shape index (κ2) is 7.52. The van der Waals surface area contributed by atoms with Gasteiger partial charge in [-0.2, -0.15) is 0 Å². The van der Waals surface area contributed by atoms with Gasteiger partial charge in [-0.3, -0.25) is 4.99 Å². The number of benzene rings is 2. The van der Waals surface area contributed by atoms with Gasteiger partial charge in [0, 0.05) is 11.8 Å². The summed E-state index contributed by atoms with van der Waals surface area (Å²) in [5.41, 5.74) is 3.64. The van der Waals surface area contributed by atoms with Crippen LogP contribution in [0.4, 0.5) is 5.69 Å². The van der Waals surface area contributed by atoms with Crippen molar-refractivity contribution in [2.24, 2.45) is 4.99 Å². The lowest BCUT2D eigenvalue weighted by Crippen LogP contribution is -2.18. The molecule has 0 aliphatic rings. The quantitative estimate of drug-likeness (QED) is 0.520. The van der Waals surface area contributed by atoms with E-state index in [0.29, 0.717) is 11.3 Å². The Balaban J connectivity index is 2.35. The Hall–Kier alpha value is -1.46. The maximum atomic E-state index is 4.62. The molecule has 0 N–H and O–H groups in total. The molecule has 0 aromatic heterocycles. The molecule has 2 rings (SSSR count). The molecule has 2 aromatic carbocycles. The van der Waals surface area contributed by atoms with Gasteiger partial charge in [-0.25, -0.2) is 0 Å². The van der Waals surface area contributed by atoms with E-state index in [0.717, 1.165) is 5.69 Å². The third-order valence-electron chi connectivity index (χ3n) is 3.44. The Kier molecular flexibility index (Phi) is 5.70. The van der Waals surface area contributed by atoms with Crippen LogP contribution >= 0.6 is 7.92 Å². The van der Waals surface area contributed by atoms with Gasteiger partial charge in [-0.15, -0.1) is 0 Å². The van der Waals surface area contributed by atoms with Crippen LogP contribution in [0.2, 0.25) is 0 Å². The lowest BCUT2D eigenvalue weighted by Gasteiger charge is -2.27. The SMILES string of the molecule is CC(C)P(c1ccccc1C=Nc1ccccc1)C(C)C. The first-order chi connectivity index (χ1) is 10.1. The summed E-state index contributed by atoms with van der Waals surface area (Å²) >= 11 is 0. The van der Waals surface area contributed by atoms with Crippen LogP contribution in [-0.4, -0.2) is 17.5 Å². The fraction of sp³-hybridized carbons (Fsp3) is 0.316. The Morgan fingerprint density at radius 1 is 0.810 bits per heavy atom. The number of hydrogen-bond acceptors (Lipinski definition) is 1. The van der Waals surface area contributed by atoms with Gasteiger partial charge in [-0.05, 0) is 28.8 Å². The van der Waals surface area contributed by atoms with Gasteiger partial charge in [0.25, 0.3) is 0 Å². The molecule has 0 atom stereocenters. The predicted octanol–water partition coefficient (Wildman–Crippen LogP) is 5.36. The minimum atomic E-state index is -0.166. The molecule has 0 saturated carbocycles. The lowest BCUT2D eigenvalue weighted by molar-refractivity contribution is 1.02. The van der Waals surface area contributed by atoms with Gasteiger partial charge >= 0.3 is 0 Å². The molecule has 2 heteroatoms. The van der Waals surface area contributed by atoms with Crippen LogP contribution in [0, 0.1) is 0 Å². The van der Waals surface area contributed by atoms with Crippen LogP contribution in [-0.2, 0) is 0 Å². The Labute approximate surface area is 129 Å². The van der Waals surface area contributed by atoms with E-state index in [1.54, 1.807) is 0 Å². The second-order valence-electron chi connectivity index (χ2n) is 5.75. The number of aliphatic imine (C=N–C) groups is 1. The first kappa shape index (κ1) is 15.9. The summed E-state index contributed by atoms with van der Waals surface area (Å²) in [5.74, 6) is 0.